The molecule has 174 valence electrons. The molecule has 2 aromatic carbocycles. The molecular weight excluding hydrogens is 422 g/mol. The second kappa shape index (κ2) is 9.31. The van der Waals surface area contributed by atoms with Gasteiger partial charge in [-0.2, -0.15) is 0 Å². The number of para-hydroxylation sites is 1. The maximum absolute atomic E-state index is 13.1. The average molecular weight is 452 g/mol. The predicted molar refractivity (Wildman–Crippen MR) is 123 cm³/mol. The second-order valence-electron chi connectivity index (χ2n) is 8.82. The Kier molecular flexibility index (Phi) is 6.09. The van der Waals surface area contributed by atoms with Crippen LogP contribution < -0.4 is 15.0 Å². The Hall–Kier alpha value is -3.26. The average Bonchev–Trinajstić information content (AvgIpc) is 2.84. The van der Waals surface area contributed by atoms with E-state index >= 15 is 0 Å². The Morgan fingerprint density at radius 1 is 1.06 bits per heavy atom. The molecule has 0 unspecified atom stereocenters. The molecule has 2 saturated heterocycles. The molecule has 2 fully saturated rings. The van der Waals surface area contributed by atoms with Crippen molar-refractivity contribution in [3.63, 3.8) is 0 Å². The van der Waals surface area contributed by atoms with Crippen LogP contribution in [0.4, 0.5) is 10.5 Å². The SMILES string of the molecule is O=C(c1ccc(OC2CCNCC2)cc1O)N1CCC(N2C(=O)OCc3ccccc32)CC1. The summed E-state index contributed by atoms with van der Waals surface area (Å²) in [5.41, 5.74) is 2.15. The first-order valence-electron chi connectivity index (χ1n) is 11.6. The molecule has 3 aliphatic heterocycles. The van der Waals surface area contributed by atoms with Gasteiger partial charge in [0.15, 0.2) is 0 Å². The first-order chi connectivity index (χ1) is 16.1. The van der Waals surface area contributed by atoms with E-state index in [0.29, 0.717) is 38.3 Å². The van der Waals surface area contributed by atoms with Gasteiger partial charge in [0.2, 0.25) is 0 Å². The minimum atomic E-state index is -0.333. The van der Waals surface area contributed by atoms with Crippen LogP contribution in [0.5, 0.6) is 11.5 Å². The number of ether oxygens (including phenoxy) is 2. The highest BCUT2D eigenvalue weighted by Crippen LogP contribution is 2.33. The number of cyclic esters (lactones) is 1. The fourth-order valence-electron chi connectivity index (χ4n) is 4.89. The fourth-order valence-corrected chi connectivity index (χ4v) is 4.89. The predicted octanol–water partition coefficient (Wildman–Crippen LogP) is 3.28. The first-order valence-corrected chi connectivity index (χ1v) is 11.6. The van der Waals surface area contributed by atoms with Crippen LogP contribution in [0.15, 0.2) is 42.5 Å². The van der Waals surface area contributed by atoms with Crippen molar-refractivity contribution in [2.75, 3.05) is 31.1 Å². The lowest BCUT2D eigenvalue weighted by Gasteiger charge is -2.40. The number of anilines is 1. The van der Waals surface area contributed by atoms with Crippen LogP contribution in [0, 0.1) is 0 Å². The molecule has 0 bridgehead atoms. The Bertz CT molecular complexity index is 1030. The number of carbonyl (C=O) groups is 2. The minimum Gasteiger partial charge on any atom is -0.507 e. The van der Waals surface area contributed by atoms with Crippen molar-refractivity contribution in [2.45, 2.75) is 44.4 Å². The number of likely N-dealkylation sites (tertiary alicyclic amines) is 1. The molecule has 33 heavy (non-hydrogen) atoms. The second-order valence-corrected chi connectivity index (χ2v) is 8.82. The van der Waals surface area contributed by atoms with Crippen molar-refractivity contribution < 1.29 is 24.2 Å². The first kappa shape index (κ1) is 21.6. The third-order valence-corrected chi connectivity index (χ3v) is 6.70. The van der Waals surface area contributed by atoms with Crippen molar-refractivity contribution >= 4 is 17.7 Å². The molecule has 3 aliphatic rings. The molecular formula is C25H29N3O5. The van der Waals surface area contributed by atoms with Crippen LogP contribution in [-0.2, 0) is 11.3 Å². The van der Waals surface area contributed by atoms with Crippen LogP contribution >= 0.6 is 0 Å². The van der Waals surface area contributed by atoms with Crippen LogP contribution in [0.1, 0.15) is 41.6 Å². The highest BCUT2D eigenvalue weighted by Gasteiger charge is 2.35. The molecule has 2 amide bonds. The molecule has 8 nitrogen and oxygen atoms in total. The van der Waals surface area contributed by atoms with Crippen molar-refractivity contribution in [1.29, 1.82) is 0 Å². The van der Waals surface area contributed by atoms with Gasteiger partial charge in [-0.1, -0.05) is 18.2 Å². The zero-order valence-corrected chi connectivity index (χ0v) is 18.5. The van der Waals surface area contributed by atoms with Gasteiger partial charge in [-0.05, 0) is 57.0 Å². The lowest BCUT2D eigenvalue weighted by Crippen LogP contribution is -2.50. The number of nitrogens with one attached hydrogen (secondary N) is 1. The summed E-state index contributed by atoms with van der Waals surface area (Å²) in [6.45, 7) is 3.14. The molecule has 0 aromatic heterocycles. The van der Waals surface area contributed by atoms with Crippen molar-refractivity contribution in [1.82, 2.24) is 10.2 Å². The monoisotopic (exact) mass is 451 g/mol. The minimum absolute atomic E-state index is 0.0302. The van der Waals surface area contributed by atoms with Crippen molar-refractivity contribution in [2.24, 2.45) is 0 Å². The lowest BCUT2D eigenvalue weighted by atomic mass is 10.00. The molecule has 8 heteroatoms. The summed E-state index contributed by atoms with van der Waals surface area (Å²) in [7, 11) is 0. The number of hydrogen-bond donors (Lipinski definition) is 2. The van der Waals surface area contributed by atoms with E-state index in [4.69, 9.17) is 9.47 Å². The zero-order valence-electron chi connectivity index (χ0n) is 18.5. The summed E-state index contributed by atoms with van der Waals surface area (Å²) in [4.78, 5) is 29.0. The number of phenolic OH excluding ortho intramolecular Hbond substituents is 1. The fraction of sp³-hybridized carbons (Fsp3) is 0.440. The van der Waals surface area contributed by atoms with Gasteiger partial charge in [-0.25, -0.2) is 4.79 Å². The number of aromatic hydroxyl groups is 1. The van der Waals surface area contributed by atoms with E-state index < -0.39 is 0 Å². The number of piperidine rings is 2. The van der Waals surface area contributed by atoms with Crippen LogP contribution in [-0.4, -0.2) is 60.3 Å². The van der Waals surface area contributed by atoms with E-state index in [0.717, 1.165) is 37.2 Å². The van der Waals surface area contributed by atoms with Gasteiger partial charge >= 0.3 is 6.09 Å². The highest BCUT2D eigenvalue weighted by molar-refractivity contribution is 5.97. The zero-order chi connectivity index (χ0) is 22.8. The van der Waals surface area contributed by atoms with Gasteiger partial charge in [0.05, 0.1) is 11.3 Å². The van der Waals surface area contributed by atoms with Gasteiger partial charge in [0.25, 0.3) is 5.91 Å². The summed E-state index contributed by atoms with van der Waals surface area (Å²) in [6, 6.07) is 12.7. The van der Waals surface area contributed by atoms with Crippen LogP contribution in [0.3, 0.4) is 0 Å². The Balaban J connectivity index is 1.22. The molecule has 0 radical (unpaired) electrons. The molecule has 0 atom stereocenters. The van der Waals surface area contributed by atoms with Crippen molar-refractivity contribution in [3.05, 3.63) is 53.6 Å². The molecule has 0 aliphatic carbocycles. The molecule has 3 heterocycles. The summed E-state index contributed by atoms with van der Waals surface area (Å²) >= 11 is 0. The Morgan fingerprint density at radius 2 is 1.82 bits per heavy atom. The summed E-state index contributed by atoms with van der Waals surface area (Å²) < 4.78 is 11.3. The van der Waals surface area contributed by atoms with Crippen molar-refractivity contribution in [3.8, 4) is 11.5 Å². The maximum atomic E-state index is 13.1. The standard InChI is InChI=1S/C25H29N3O5/c29-23-15-20(33-19-7-11-26-12-8-19)5-6-21(23)24(30)27-13-9-18(10-14-27)28-22-4-2-1-3-17(22)16-32-25(28)31/h1-6,15,18-19,26,29H,7-14,16H2. The number of amides is 2. The van der Waals surface area contributed by atoms with E-state index in [-0.39, 0.29) is 35.5 Å². The largest absolute Gasteiger partial charge is 0.507 e. The maximum Gasteiger partial charge on any atom is 0.414 e. The quantitative estimate of drug-likeness (QED) is 0.741. The lowest BCUT2D eigenvalue weighted by molar-refractivity contribution is 0.0705. The third kappa shape index (κ3) is 4.48. The number of benzene rings is 2. The topological polar surface area (TPSA) is 91.3 Å². The van der Waals surface area contributed by atoms with Gasteiger partial charge < -0.3 is 24.8 Å². The molecule has 5 rings (SSSR count). The van der Waals surface area contributed by atoms with Gasteiger partial charge in [-0.3, -0.25) is 9.69 Å². The number of nitrogens with zero attached hydrogens (tertiary/aromatic N) is 2. The summed E-state index contributed by atoms with van der Waals surface area (Å²) in [5, 5.41) is 13.8. The van der Waals surface area contributed by atoms with E-state index in [1.807, 2.05) is 24.3 Å². The smallest absolute Gasteiger partial charge is 0.414 e. The Labute approximate surface area is 193 Å². The molecule has 0 spiro atoms. The number of phenols is 1. The van der Waals surface area contributed by atoms with Gasteiger partial charge in [-0.15, -0.1) is 0 Å². The van der Waals surface area contributed by atoms with E-state index in [1.54, 1.807) is 21.9 Å². The third-order valence-electron chi connectivity index (χ3n) is 6.70. The number of carbonyl (C=O) groups excluding carboxylic acids is 2. The van der Waals surface area contributed by atoms with Gasteiger partial charge in [0, 0.05) is 30.8 Å². The molecule has 2 N–H and O–H groups in total. The van der Waals surface area contributed by atoms with E-state index in [9.17, 15) is 14.7 Å². The normalized spacial score (nSPS) is 19.7. The number of rotatable bonds is 4. The number of fused-ring (bicyclic) bond motifs is 1. The molecule has 0 saturated carbocycles. The van der Waals surface area contributed by atoms with E-state index in [2.05, 4.69) is 5.32 Å². The van der Waals surface area contributed by atoms with E-state index in [1.165, 1.54) is 6.07 Å². The van der Waals surface area contributed by atoms with Gasteiger partial charge in [0.1, 0.15) is 24.2 Å². The summed E-state index contributed by atoms with van der Waals surface area (Å²) in [6.07, 6.45) is 2.93. The van der Waals surface area contributed by atoms with Crippen LogP contribution in [0.2, 0.25) is 0 Å². The Morgan fingerprint density at radius 3 is 2.58 bits per heavy atom. The highest BCUT2D eigenvalue weighted by atomic mass is 16.6. The summed E-state index contributed by atoms with van der Waals surface area (Å²) in [5.74, 6) is 0.306. The number of hydrogen-bond acceptors (Lipinski definition) is 6. The van der Waals surface area contributed by atoms with Crippen LogP contribution in [0.25, 0.3) is 0 Å². The molecule has 2 aromatic rings.